The molecule has 6 nitrogen and oxygen atoms in total. The van der Waals surface area contributed by atoms with E-state index in [1.807, 2.05) is 26.8 Å². The van der Waals surface area contributed by atoms with Crippen molar-refractivity contribution in [3.63, 3.8) is 0 Å². The molecule has 1 aromatic carbocycles. The molecule has 0 aliphatic carbocycles. The van der Waals surface area contributed by atoms with Gasteiger partial charge in [-0.05, 0) is 52.9 Å². The molecule has 6 heteroatoms. The van der Waals surface area contributed by atoms with Crippen LogP contribution in [0, 0.1) is 11.3 Å². The highest BCUT2D eigenvalue weighted by molar-refractivity contribution is 5.95. The maximum atomic E-state index is 12.3. The van der Waals surface area contributed by atoms with Crippen LogP contribution in [0.5, 0.6) is 0 Å². The van der Waals surface area contributed by atoms with Gasteiger partial charge in [0.05, 0.1) is 24.2 Å². The van der Waals surface area contributed by atoms with Gasteiger partial charge in [-0.3, -0.25) is 14.5 Å². The van der Waals surface area contributed by atoms with E-state index in [0.29, 0.717) is 11.3 Å². The molecule has 0 aliphatic heterocycles. The normalized spacial score (nSPS) is 12.4. The summed E-state index contributed by atoms with van der Waals surface area (Å²) in [6.07, 6.45) is 0. The lowest BCUT2D eigenvalue weighted by atomic mass is 10.1. The Bertz CT molecular complexity index is 614. The van der Waals surface area contributed by atoms with Crippen molar-refractivity contribution in [2.75, 3.05) is 18.9 Å². The van der Waals surface area contributed by atoms with Gasteiger partial charge in [0, 0.05) is 11.2 Å². The Hall–Kier alpha value is -2.39. The molecule has 0 aliphatic rings. The standard InChI is InChI=1S/C17H24N4O2/c1-12(21(5)11-15(22)20-17(2,3)4)16(23)19-14-8-6-7-13(9-14)10-18/h6-9,12H,11H2,1-5H3,(H,19,23)(H,20,22)/t12-/m0/s1. The number of nitriles is 1. The van der Waals surface area contributed by atoms with Crippen molar-refractivity contribution in [3.05, 3.63) is 29.8 Å². The van der Waals surface area contributed by atoms with Gasteiger partial charge in [0.15, 0.2) is 0 Å². The van der Waals surface area contributed by atoms with E-state index >= 15 is 0 Å². The molecule has 1 aromatic rings. The summed E-state index contributed by atoms with van der Waals surface area (Å²) in [6.45, 7) is 7.58. The number of amides is 2. The minimum atomic E-state index is -0.480. The average molecular weight is 316 g/mol. The Labute approximate surface area is 137 Å². The van der Waals surface area contributed by atoms with E-state index in [1.54, 1.807) is 43.1 Å². The van der Waals surface area contributed by atoms with E-state index < -0.39 is 6.04 Å². The lowest BCUT2D eigenvalue weighted by Gasteiger charge is -2.26. The second kappa shape index (κ2) is 7.75. The lowest BCUT2D eigenvalue weighted by molar-refractivity contribution is -0.125. The van der Waals surface area contributed by atoms with Crippen molar-refractivity contribution in [1.29, 1.82) is 5.26 Å². The first-order valence-electron chi connectivity index (χ1n) is 7.44. The number of likely N-dealkylation sites (N-methyl/N-ethyl adjacent to an activating group) is 1. The monoisotopic (exact) mass is 316 g/mol. The summed E-state index contributed by atoms with van der Waals surface area (Å²) in [4.78, 5) is 25.8. The molecule has 0 fully saturated rings. The van der Waals surface area contributed by atoms with Crippen LogP contribution in [0.3, 0.4) is 0 Å². The molecule has 0 heterocycles. The van der Waals surface area contributed by atoms with Gasteiger partial charge in [0.2, 0.25) is 11.8 Å². The van der Waals surface area contributed by atoms with Crippen molar-refractivity contribution in [2.24, 2.45) is 0 Å². The summed E-state index contributed by atoms with van der Waals surface area (Å²) >= 11 is 0. The number of carbonyl (C=O) groups excluding carboxylic acids is 2. The van der Waals surface area contributed by atoms with Crippen molar-refractivity contribution in [3.8, 4) is 6.07 Å². The van der Waals surface area contributed by atoms with Gasteiger partial charge in [-0.25, -0.2) is 0 Å². The molecule has 2 amide bonds. The Morgan fingerprint density at radius 3 is 2.57 bits per heavy atom. The third kappa shape index (κ3) is 6.49. The van der Waals surface area contributed by atoms with Gasteiger partial charge >= 0.3 is 0 Å². The van der Waals surface area contributed by atoms with Crippen LogP contribution in [0.4, 0.5) is 5.69 Å². The predicted molar refractivity (Wildman–Crippen MR) is 89.8 cm³/mol. The Morgan fingerprint density at radius 1 is 1.35 bits per heavy atom. The molecule has 124 valence electrons. The van der Waals surface area contributed by atoms with Gasteiger partial charge in [0.1, 0.15) is 0 Å². The number of benzene rings is 1. The molecule has 1 rings (SSSR count). The van der Waals surface area contributed by atoms with Crippen LogP contribution in [0.2, 0.25) is 0 Å². The largest absolute Gasteiger partial charge is 0.350 e. The number of hydrogen-bond donors (Lipinski definition) is 2. The average Bonchev–Trinajstić information content (AvgIpc) is 2.44. The van der Waals surface area contributed by atoms with E-state index in [2.05, 4.69) is 10.6 Å². The Morgan fingerprint density at radius 2 is 2.00 bits per heavy atom. The molecule has 0 saturated carbocycles. The molecular formula is C17H24N4O2. The molecule has 2 N–H and O–H groups in total. The molecule has 0 saturated heterocycles. The minimum Gasteiger partial charge on any atom is -0.350 e. The van der Waals surface area contributed by atoms with E-state index in [4.69, 9.17) is 5.26 Å². The molecule has 0 bridgehead atoms. The zero-order chi connectivity index (χ0) is 17.6. The third-order valence-corrected chi connectivity index (χ3v) is 3.21. The van der Waals surface area contributed by atoms with Crippen molar-refractivity contribution >= 4 is 17.5 Å². The summed E-state index contributed by atoms with van der Waals surface area (Å²) in [5.41, 5.74) is 0.739. The first-order chi connectivity index (χ1) is 10.6. The first-order valence-corrected chi connectivity index (χ1v) is 7.44. The predicted octanol–water partition coefficient (Wildman–Crippen LogP) is 1.73. The van der Waals surface area contributed by atoms with Crippen LogP contribution in [-0.4, -0.2) is 41.9 Å². The summed E-state index contributed by atoms with van der Waals surface area (Å²) in [5, 5.41) is 14.5. The van der Waals surface area contributed by atoms with Crippen LogP contribution in [-0.2, 0) is 9.59 Å². The van der Waals surface area contributed by atoms with E-state index in [9.17, 15) is 9.59 Å². The van der Waals surface area contributed by atoms with E-state index in [-0.39, 0.29) is 23.9 Å². The van der Waals surface area contributed by atoms with Crippen molar-refractivity contribution < 1.29 is 9.59 Å². The number of anilines is 1. The van der Waals surface area contributed by atoms with Gasteiger partial charge in [0.25, 0.3) is 0 Å². The highest BCUT2D eigenvalue weighted by atomic mass is 16.2. The summed E-state index contributed by atoms with van der Waals surface area (Å²) in [6, 6.07) is 8.25. The van der Waals surface area contributed by atoms with Gasteiger partial charge in [-0.1, -0.05) is 6.07 Å². The zero-order valence-corrected chi connectivity index (χ0v) is 14.3. The van der Waals surface area contributed by atoms with Crippen LogP contribution >= 0.6 is 0 Å². The number of rotatable bonds is 5. The SMILES string of the molecule is C[C@@H](C(=O)Nc1cccc(C#N)c1)N(C)CC(=O)NC(C)(C)C. The first kappa shape index (κ1) is 18.7. The molecule has 0 unspecified atom stereocenters. The fourth-order valence-corrected chi connectivity index (χ4v) is 1.93. The van der Waals surface area contributed by atoms with Gasteiger partial charge in [-0.2, -0.15) is 5.26 Å². The van der Waals surface area contributed by atoms with Crippen LogP contribution in [0.25, 0.3) is 0 Å². The van der Waals surface area contributed by atoms with E-state index in [0.717, 1.165) is 0 Å². The topological polar surface area (TPSA) is 85.2 Å². The number of nitrogens with zero attached hydrogens (tertiary/aromatic N) is 2. The smallest absolute Gasteiger partial charge is 0.241 e. The van der Waals surface area contributed by atoms with Gasteiger partial charge < -0.3 is 10.6 Å². The lowest BCUT2D eigenvalue weighted by Crippen LogP contribution is -2.49. The maximum absolute atomic E-state index is 12.3. The third-order valence-electron chi connectivity index (χ3n) is 3.21. The second-order valence-corrected chi connectivity index (χ2v) is 6.57. The highest BCUT2D eigenvalue weighted by Crippen LogP contribution is 2.11. The molecule has 0 aromatic heterocycles. The number of carbonyl (C=O) groups is 2. The maximum Gasteiger partial charge on any atom is 0.241 e. The number of hydrogen-bond acceptors (Lipinski definition) is 4. The Kier molecular flexibility index (Phi) is 6.28. The van der Waals surface area contributed by atoms with Crippen LogP contribution < -0.4 is 10.6 Å². The fourth-order valence-electron chi connectivity index (χ4n) is 1.93. The van der Waals surface area contributed by atoms with Crippen molar-refractivity contribution in [1.82, 2.24) is 10.2 Å². The minimum absolute atomic E-state index is 0.129. The molecular weight excluding hydrogens is 292 g/mol. The number of nitrogens with one attached hydrogen (secondary N) is 2. The summed E-state index contributed by atoms with van der Waals surface area (Å²) < 4.78 is 0. The van der Waals surface area contributed by atoms with Gasteiger partial charge in [-0.15, -0.1) is 0 Å². The van der Waals surface area contributed by atoms with Crippen molar-refractivity contribution in [2.45, 2.75) is 39.3 Å². The zero-order valence-electron chi connectivity index (χ0n) is 14.3. The van der Waals surface area contributed by atoms with Crippen LogP contribution in [0.1, 0.15) is 33.3 Å². The summed E-state index contributed by atoms with van der Waals surface area (Å²) in [5.74, 6) is -0.364. The quantitative estimate of drug-likeness (QED) is 0.866. The molecule has 0 spiro atoms. The highest BCUT2D eigenvalue weighted by Gasteiger charge is 2.22. The molecule has 0 radical (unpaired) electrons. The second-order valence-electron chi connectivity index (χ2n) is 6.57. The fraction of sp³-hybridized carbons (Fsp3) is 0.471. The van der Waals surface area contributed by atoms with E-state index in [1.165, 1.54) is 0 Å². The van der Waals surface area contributed by atoms with Crippen LogP contribution in [0.15, 0.2) is 24.3 Å². The summed E-state index contributed by atoms with van der Waals surface area (Å²) in [7, 11) is 1.72. The molecule has 23 heavy (non-hydrogen) atoms. The molecule has 1 atom stereocenters. The Balaban J connectivity index is 2.61.